The largest absolute Gasteiger partial charge is 0.417 e. The lowest BCUT2D eigenvalue weighted by molar-refractivity contribution is -0.137. The SMILES string of the molecule is CC1(CNc2ncc(C(F)(F)F)cc2Cl)CCC1. The molecule has 6 heteroatoms. The maximum Gasteiger partial charge on any atom is 0.417 e. The molecule has 1 aromatic heterocycles. The Morgan fingerprint density at radius 3 is 2.56 bits per heavy atom. The fourth-order valence-electron chi connectivity index (χ4n) is 1.98. The molecule has 0 radical (unpaired) electrons. The van der Waals surface area contributed by atoms with E-state index in [1.54, 1.807) is 0 Å². The molecule has 0 spiro atoms. The van der Waals surface area contributed by atoms with Gasteiger partial charge in [-0.15, -0.1) is 0 Å². The molecule has 0 aromatic carbocycles. The van der Waals surface area contributed by atoms with Crippen LogP contribution in [0.25, 0.3) is 0 Å². The zero-order chi connectivity index (χ0) is 13.4. The number of hydrogen-bond donors (Lipinski definition) is 1. The normalized spacial score (nSPS) is 18.3. The van der Waals surface area contributed by atoms with Crippen molar-refractivity contribution in [2.45, 2.75) is 32.4 Å². The first-order valence-corrected chi connectivity index (χ1v) is 6.15. The van der Waals surface area contributed by atoms with E-state index in [9.17, 15) is 13.2 Å². The van der Waals surface area contributed by atoms with Gasteiger partial charge in [-0.1, -0.05) is 24.9 Å². The minimum absolute atomic E-state index is 0.00717. The molecule has 1 aliphatic rings. The van der Waals surface area contributed by atoms with Gasteiger partial charge in [-0.2, -0.15) is 13.2 Å². The summed E-state index contributed by atoms with van der Waals surface area (Å²) in [6, 6.07) is 0.903. The van der Waals surface area contributed by atoms with E-state index < -0.39 is 11.7 Å². The highest BCUT2D eigenvalue weighted by Crippen LogP contribution is 2.40. The Labute approximate surface area is 109 Å². The Balaban J connectivity index is 2.06. The molecular formula is C12H14ClF3N2. The second kappa shape index (κ2) is 4.61. The van der Waals surface area contributed by atoms with Crippen molar-refractivity contribution in [1.29, 1.82) is 0 Å². The molecule has 0 bridgehead atoms. The van der Waals surface area contributed by atoms with Gasteiger partial charge in [0, 0.05) is 12.7 Å². The predicted molar refractivity (Wildman–Crippen MR) is 64.7 cm³/mol. The molecule has 0 unspecified atom stereocenters. The van der Waals surface area contributed by atoms with Crippen molar-refractivity contribution >= 4 is 17.4 Å². The maximum atomic E-state index is 12.4. The van der Waals surface area contributed by atoms with Gasteiger partial charge in [0.2, 0.25) is 0 Å². The Kier molecular flexibility index (Phi) is 3.45. The number of nitrogens with one attached hydrogen (secondary N) is 1. The van der Waals surface area contributed by atoms with E-state index >= 15 is 0 Å². The molecule has 2 nitrogen and oxygen atoms in total. The van der Waals surface area contributed by atoms with Crippen molar-refractivity contribution in [3.05, 3.63) is 22.8 Å². The molecule has 100 valence electrons. The summed E-state index contributed by atoms with van der Waals surface area (Å²) in [7, 11) is 0. The monoisotopic (exact) mass is 278 g/mol. The van der Waals surface area contributed by atoms with Gasteiger partial charge in [-0.05, 0) is 24.3 Å². The summed E-state index contributed by atoms with van der Waals surface area (Å²) in [6.45, 7) is 2.83. The van der Waals surface area contributed by atoms with E-state index in [2.05, 4.69) is 17.2 Å². The van der Waals surface area contributed by atoms with Crippen LogP contribution >= 0.6 is 11.6 Å². The van der Waals surface area contributed by atoms with Gasteiger partial charge >= 0.3 is 6.18 Å². The Bertz CT molecular complexity index is 441. The zero-order valence-electron chi connectivity index (χ0n) is 9.94. The van der Waals surface area contributed by atoms with E-state index in [0.717, 1.165) is 25.1 Å². The van der Waals surface area contributed by atoms with Gasteiger partial charge in [0.15, 0.2) is 0 Å². The van der Waals surface area contributed by atoms with Gasteiger partial charge in [0.1, 0.15) is 5.82 Å². The first-order valence-electron chi connectivity index (χ1n) is 5.77. The van der Waals surface area contributed by atoms with Crippen molar-refractivity contribution in [2.75, 3.05) is 11.9 Å². The molecule has 0 amide bonds. The third-order valence-electron chi connectivity index (χ3n) is 3.41. The van der Waals surface area contributed by atoms with Crippen LogP contribution in [0.3, 0.4) is 0 Å². The molecular weight excluding hydrogens is 265 g/mol. The summed E-state index contributed by atoms with van der Waals surface area (Å²) >= 11 is 5.80. The Morgan fingerprint density at radius 2 is 2.11 bits per heavy atom. The van der Waals surface area contributed by atoms with Crippen LogP contribution in [-0.2, 0) is 6.18 Å². The van der Waals surface area contributed by atoms with Gasteiger partial charge in [0.25, 0.3) is 0 Å². The van der Waals surface area contributed by atoms with Crippen molar-refractivity contribution in [1.82, 2.24) is 4.98 Å². The summed E-state index contributed by atoms with van der Waals surface area (Å²) in [4.78, 5) is 3.74. The topological polar surface area (TPSA) is 24.9 Å². The van der Waals surface area contributed by atoms with Crippen LogP contribution in [0.2, 0.25) is 5.02 Å². The minimum Gasteiger partial charge on any atom is -0.368 e. The standard InChI is InChI=1S/C12H14ClF3N2/c1-11(3-2-4-11)7-18-10-9(13)5-8(6-17-10)12(14,15)16/h5-6H,2-4,7H2,1H3,(H,17,18). The number of hydrogen-bond acceptors (Lipinski definition) is 2. The molecule has 2 rings (SSSR count). The van der Waals surface area contributed by atoms with Gasteiger partial charge in [-0.3, -0.25) is 0 Å². The highest BCUT2D eigenvalue weighted by atomic mass is 35.5. The molecule has 1 N–H and O–H groups in total. The molecule has 1 heterocycles. The molecule has 1 fully saturated rings. The summed E-state index contributed by atoms with van der Waals surface area (Å²) in [5, 5.41) is 3.03. The lowest BCUT2D eigenvalue weighted by Gasteiger charge is -2.38. The molecule has 18 heavy (non-hydrogen) atoms. The van der Waals surface area contributed by atoms with E-state index in [1.807, 2.05) is 0 Å². The molecule has 0 aliphatic heterocycles. The first-order chi connectivity index (χ1) is 8.30. The number of aromatic nitrogens is 1. The average molecular weight is 279 g/mol. The lowest BCUT2D eigenvalue weighted by Crippen LogP contribution is -2.33. The fourth-order valence-corrected chi connectivity index (χ4v) is 2.21. The van der Waals surface area contributed by atoms with Crippen LogP contribution in [0.15, 0.2) is 12.3 Å². The summed E-state index contributed by atoms with van der Waals surface area (Å²) in [6.07, 6.45) is -0.157. The smallest absolute Gasteiger partial charge is 0.368 e. The quantitative estimate of drug-likeness (QED) is 0.889. The van der Waals surface area contributed by atoms with Gasteiger partial charge in [0.05, 0.1) is 10.6 Å². The minimum atomic E-state index is -4.41. The molecule has 1 aliphatic carbocycles. The number of rotatable bonds is 3. The van der Waals surface area contributed by atoms with Crippen molar-refractivity contribution in [3.63, 3.8) is 0 Å². The molecule has 0 saturated heterocycles. The van der Waals surface area contributed by atoms with Crippen LogP contribution in [-0.4, -0.2) is 11.5 Å². The molecule has 1 aromatic rings. The number of halogens is 4. The van der Waals surface area contributed by atoms with E-state index in [1.165, 1.54) is 6.42 Å². The predicted octanol–water partition coefficient (Wildman–Crippen LogP) is 4.36. The number of nitrogens with zero attached hydrogens (tertiary/aromatic N) is 1. The third-order valence-corrected chi connectivity index (χ3v) is 3.70. The van der Waals surface area contributed by atoms with Crippen LogP contribution in [0.4, 0.5) is 19.0 Å². The fraction of sp³-hybridized carbons (Fsp3) is 0.583. The highest BCUT2D eigenvalue weighted by Gasteiger charge is 2.33. The van der Waals surface area contributed by atoms with Crippen LogP contribution in [0.5, 0.6) is 0 Å². The highest BCUT2D eigenvalue weighted by molar-refractivity contribution is 6.32. The van der Waals surface area contributed by atoms with E-state index in [-0.39, 0.29) is 10.4 Å². The number of pyridine rings is 1. The van der Waals surface area contributed by atoms with Crippen LogP contribution < -0.4 is 5.32 Å². The zero-order valence-corrected chi connectivity index (χ0v) is 10.7. The second-order valence-corrected chi connectivity index (χ2v) is 5.48. The summed E-state index contributed by atoms with van der Waals surface area (Å²) < 4.78 is 37.3. The van der Waals surface area contributed by atoms with Crippen molar-refractivity contribution in [2.24, 2.45) is 5.41 Å². The molecule has 0 atom stereocenters. The first kappa shape index (κ1) is 13.5. The van der Waals surface area contributed by atoms with Gasteiger partial charge < -0.3 is 5.32 Å². The maximum absolute atomic E-state index is 12.4. The lowest BCUT2D eigenvalue weighted by atomic mass is 9.70. The second-order valence-electron chi connectivity index (χ2n) is 5.07. The number of alkyl halides is 3. The summed E-state index contributed by atoms with van der Waals surface area (Å²) in [5.74, 6) is 0.317. The number of anilines is 1. The van der Waals surface area contributed by atoms with Crippen molar-refractivity contribution in [3.8, 4) is 0 Å². The Morgan fingerprint density at radius 1 is 1.44 bits per heavy atom. The summed E-state index contributed by atoms with van der Waals surface area (Å²) in [5.41, 5.74) is -0.610. The third kappa shape index (κ3) is 2.88. The molecule has 1 saturated carbocycles. The van der Waals surface area contributed by atoms with Crippen LogP contribution in [0.1, 0.15) is 31.7 Å². The van der Waals surface area contributed by atoms with Crippen LogP contribution in [0, 0.1) is 5.41 Å². The van der Waals surface area contributed by atoms with Crippen molar-refractivity contribution < 1.29 is 13.2 Å². The Hall–Kier alpha value is -0.970. The van der Waals surface area contributed by atoms with E-state index in [0.29, 0.717) is 12.4 Å². The van der Waals surface area contributed by atoms with Gasteiger partial charge in [-0.25, -0.2) is 4.98 Å². The average Bonchev–Trinajstić information content (AvgIpc) is 2.23. The van der Waals surface area contributed by atoms with E-state index in [4.69, 9.17) is 11.6 Å².